The number of phosphoric ester groups is 1. The van der Waals surface area contributed by atoms with Crippen molar-refractivity contribution in [3.63, 3.8) is 0 Å². The highest BCUT2D eigenvalue weighted by Crippen LogP contribution is 2.43. The van der Waals surface area contributed by atoms with E-state index in [9.17, 15) is 19.0 Å². The van der Waals surface area contributed by atoms with E-state index < -0.39 is 32.5 Å². The van der Waals surface area contributed by atoms with E-state index in [4.69, 9.17) is 18.5 Å². The third-order valence-corrected chi connectivity index (χ3v) is 9.70. The summed E-state index contributed by atoms with van der Waals surface area (Å²) >= 11 is 0. The molecule has 0 heterocycles. The highest BCUT2D eigenvalue weighted by atomic mass is 31.2. The lowest BCUT2D eigenvalue weighted by molar-refractivity contribution is -0.870. The van der Waals surface area contributed by atoms with Gasteiger partial charge in [0.1, 0.15) is 19.8 Å². The van der Waals surface area contributed by atoms with E-state index in [1.807, 2.05) is 21.1 Å². The number of likely N-dealkylation sites (N-methyl/N-ethyl adjacent to an activating group) is 1. The molecule has 10 heteroatoms. The third kappa shape index (κ3) is 41.1. The second-order valence-corrected chi connectivity index (χ2v) is 16.8. The fourth-order valence-corrected chi connectivity index (χ4v) is 6.07. The number of ether oxygens (including phenoxy) is 2. The van der Waals surface area contributed by atoms with Gasteiger partial charge in [-0.05, 0) is 83.5 Å². The lowest BCUT2D eigenvalue weighted by Crippen LogP contribution is -2.37. The van der Waals surface area contributed by atoms with Crippen molar-refractivity contribution in [3.8, 4) is 0 Å². The molecule has 0 radical (unpaired) electrons. The van der Waals surface area contributed by atoms with Gasteiger partial charge in [0.2, 0.25) is 0 Å². The maximum Gasteiger partial charge on any atom is 0.472 e. The summed E-state index contributed by atoms with van der Waals surface area (Å²) in [6, 6.07) is 0. The van der Waals surface area contributed by atoms with Crippen molar-refractivity contribution >= 4 is 19.8 Å². The summed E-state index contributed by atoms with van der Waals surface area (Å²) < 4.78 is 34.2. The molecular weight excluding hydrogens is 725 g/mol. The molecule has 0 amide bonds. The Labute approximate surface area is 342 Å². The summed E-state index contributed by atoms with van der Waals surface area (Å²) in [6.45, 7) is 4.21. The van der Waals surface area contributed by atoms with Gasteiger partial charge in [0.05, 0.1) is 27.7 Å². The SMILES string of the molecule is CC/C=C\C/C=C\C/C=C\C/C=C\CCCCCCC(=O)OC(COC(=O)CCCCCCC/C=C\C/C=C\CCCCC)COP(=O)(O)OCC[N+](C)(C)C. The zero-order chi connectivity index (χ0) is 41.4. The van der Waals surface area contributed by atoms with Crippen LogP contribution in [0.5, 0.6) is 0 Å². The molecule has 0 aliphatic heterocycles. The lowest BCUT2D eigenvalue weighted by Gasteiger charge is -2.24. The van der Waals surface area contributed by atoms with E-state index in [0.29, 0.717) is 23.9 Å². The molecule has 56 heavy (non-hydrogen) atoms. The first-order valence-corrected chi connectivity index (χ1v) is 23.2. The van der Waals surface area contributed by atoms with Crippen LogP contribution >= 0.6 is 7.82 Å². The number of phosphoric acid groups is 1. The Hall–Kier alpha value is -2.55. The normalized spacial score (nSPS) is 14.3. The number of hydrogen-bond donors (Lipinski definition) is 1. The van der Waals surface area contributed by atoms with Crippen LogP contribution in [0.4, 0.5) is 0 Å². The van der Waals surface area contributed by atoms with Crippen LogP contribution in [0.25, 0.3) is 0 Å². The third-order valence-electron chi connectivity index (χ3n) is 8.72. The standard InChI is InChI=1S/C46H80NO8P/c1-6-8-10-12-14-16-18-20-22-23-25-27-29-31-33-35-37-39-46(49)55-44(43-54-56(50,51)53-41-40-47(3,4)5)42-52-45(48)38-36-34-32-30-28-26-24-21-19-17-15-13-11-9-7-2/h8,10,14-17,20-22,24-25,27,44H,6-7,9,11-13,18-19,23,26,28-43H2,1-5H3/p+1/b10-8-,16-14-,17-15-,22-20-,24-21-,27-25-. The fraction of sp³-hybridized carbons (Fsp3) is 0.696. The van der Waals surface area contributed by atoms with E-state index in [2.05, 4.69) is 86.8 Å². The number of unbranched alkanes of at least 4 members (excludes halogenated alkanes) is 12. The van der Waals surface area contributed by atoms with Crippen LogP contribution in [-0.4, -0.2) is 74.9 Å². The minimum absolute atomic E-state index is 0.0204. The molecule has 0 aliphatic carbocycles. The van der Waals surface area contributed by atoms with Gasteiger partial charge in [-0.25, -0.2) is 4.57 Å². The molecule has 9 nitrogen and oxygen atoms in total. The van der Waals surface area contributed by atoms with E-state index in [1.54, 1.807) is 0 Å². The molecule has 0 aromatic carbocycles. The number of esters is 2. The number of rotatable bonds is 38. The van der Waals surface area contributed by atoms with Crippen LogP contribution in [-0.2, 0) is 32.7 Å². The zero-order valence-corrected chi connectivity index (χ0v) is 37.0. The molecule has 0 aromatic rings. The molecule has 0 fully saturated rings. The highest BCUT2D eigenvalue weighted by Gasteiger charge is 2.27. The Morgan fingerprint density at radius 1 is 0.571 bits per heavy atom. The van der Waals surface area contributed by atoms with Crippen molar-refractivity contribution in [2.24, 2.45) is 0 Å². The Morgan fingerprint density at radius 3 is 1.52 bits per heavy atom. The predicted molar refractivity (Wildman–Crippen MR) is 233 cm³/mol. The largest absolute Gasteiger partial charge is 0.472 e. The van der Waals surface area contributed by atoms with Crippen LogP contribution < -0.4 is 0 Å². The van der Waals surface area contributed by atoms with Gasteiger partial charge in [0.25, 0.3) is 0 Å². The van der Waals surface area contributed by atoms with Crippen molar-refractivity contribution in [2.45, 2.75) is 161 Å². The molecule has 2 atom stereocenters. The van der Waals surface area contributed by atoms with E-state index in [1.165, 1.54) is 25.7 Å². The molecule has 0 saturated carbocycles. The molecule has 0 rings (SSSR count). The summed E-state index contributed by atoms with van der Waals surface area (Å²) in [7, 11) is 1.44. The maximum absolute atomic E-state index is 12.7. The average Bonchev–Trinajstić information content (AvgIpc) is 3.15. The number of allylic oxidation sites excluding steroid dienone is 12. The zero-order valence-electron chi connectivity index (χ0n) is 36.1. The lowest BCUT2D eigenvalue weighted by atomic mass is 10.1. The second kappa shape index (κ2) is 38.0. The van der Waals surface area contributed by atoms with Gasteiger partial charge >= 0.3 is 19.8 Å². The number of hydrogen-bond acceptors (Lipinski definition) is 7. The van der Waals surface area contributed by atoms with Crippen molar-refractivity contribution < 1.29 is 42.1 Å². The van der Waals surface area contributed by atoms with Gasteiger partial charge in [-0.15, -0.1) is 0 Å². The summed E-state index contributed by atoms with van der Waals surface area (Å²) in [5.74, 6) is -0.850. The van der Waals surface area contributed by atoms with Crippen molar-refractivity contribution in [3.05, 3.63) is 72.9 Å². The first kappa shape index (κ1) is 53.5. The van der Waals surface area contributed by atoms with Gasteiger partial charge in [0, 0.05) is 12.8 Å². The minimum atomic E-state index is -4.39. The number of carbonyl (C=O) groups is 2. The van der Waals surface area contributed by atoms with Gasteiger partial charge < -0.3 is 18.9 Å². The van der Waals surface area contributed by atoms with Crippen LogP contribution in [0, 0.1) is 0 Å². The second-order valence-electron chi connectivity index (χ2n) is 15.3. The molecule has 322 valence electrons. The monoisotopic (exact) mass is 807 g/mol. The molecule has 0 bridgehead atoms. The molecule has 0 saturated heterocycles. The quantitative estimate of drug-likeness (QED) is 0.0216. The van der Waals surface area contributed by atoms with Crippen molar-refractivity contribution in [1.29, 1.82) is 0 Å². The maximum atomic E-state index is 12.7. The van der Waals surface area contributed by atoms with Gasteiger partial charge in [-0.1, -0.05) is 132 Å². The van der Waals surface area contributed by atoms with Crippen molar-refractivity contribution in [2.75, 3.05) is 47.5 Å². The smallest absolute Gasteiger partial charge is 0.462 e. The average molecular weight is 807 g/mol. The van der Waals surface area contributed by atoms with Gasteiger partial charge in [-0.3, -0.25) is 18.6 Å². The summed E-state index contributed by atoms with van der Waals surface area (Å²) in [5.41, 5.74) is 0. The minimum Gasteiger partial charge on any atom is -0.462 e. The van der Waals surface area contributed by atoms with Crippen LogP contribution in [0.15, 0.2) is 72.9 Å². The Kier molecular flexibility index (Phi) is 36.3. The first-order valence-electron chi connectivity index (χ1n) is 21.7. The fourth-order valence-electron chi connectivity index (χ4n) is 5.33. The molecular formula is C46H81NO8P+. The van der Waals surface area contributed by atoms with Crippen molar-refractivity contribution in [1.82, 2.24) is 0 Å². The van der Waals surface area contributed by atoms with Crippen LogP contribution in [0.2, 0.25) is 0 Å². The molecule has 0 aromatic heterocycles. The van der Waals surface area contributed by atoms with Gasteiger partial charge in [-0.2, -0.15) is 0 Å². The molecule has 0 aliphatic rings. The first-order chi connectivity index (χ1) is 27.0. The molecule has 2 unspecified atom stereocenters. The molecule has 0 spiro atoms. The number of nitrogens with zero attached hydrogens (tertiary/aromatic N) is 1. The van der Waals surface area contributed by atoms with E-state index in [0.717, 1.165) is 89.9 Å². The summed E-state index contributed by atoms with van der Waals surface area (Å²) in [4.78, 5) is 35.3. The number of carbonyl (C=O) groups excluding carboxylic acids is 2. The Balaban J connectivity index is 4.46. The Morgan fingerprint density at radius 2 is 1.02 bits per heavy atom. The Bertz CT molecular complexity index is 1180. The summed E-state index contributed by atoms with van der Waals surface area (Å²) in [6.07, 6.45) is 46.6. The van der Waals surface area contributed by atoms with Gasteiger partial charge in [0.15, 0.2) is 6.10 Å². The van der Waals surface area contributed by atoms with E-state index >= 15 is 0 Å². The highest BCUT2D eigenvalue weighted by molar-refractivity contribution is 7.47. The number of quaternary nitrogens is 1. The van der Waals surface area contributed by atoms with Crippen LogP contribution in [0.1, 0.15) is 155 Å². The predicted octanol–water partition coefficient (Wildman–Crippen LogP) is 12.2. The van der Waals surface area contributed by atoms with Crippen LogP contribution in [0.3, 0.4) is 0 Å². The molecule has 1 N–H and O–H groups in total. The summed E-state index contributed by atoms with van der Waals surface area (Å²) in [5, 5.41) is 0. The van der Waals surface area contributed by atoms with E-state index in [-0.39, 0.29) is 26.1 Å². The topological polar surface area (TPSA) is 108 Å².